The Balaban J connectivity index is 1.29. The van der Waals surface area contributed by atoms with E-state index in [1.807, 2.05) is 0 Å². The molecule has 4 heterocycles. The van der Waals surface area contributed by atoms with Crippen molar-refractivity contribution in [3.05, 3.63) is 46.8 Å². The zero-order valence-electron chi connectivity index (χ0n) is 21.8. The summed E-state index contributed by atoms with van der Waals surface area (Å²) >= 11 is 0. The average Bonchev–Trinajstić information content (AvgIpc) is 3.55. The zero-order chi connectivity index (χ0) is 24.2. The first-order chi connectivity index (χ1) is 16.0. The molecule has 4 nitrogen and oxygen atoms in total. The molecule has 2 aliphatic carbocycles. The van der Waals surface area contributed by atoms with Gasteiger partial charge in [0.05, 0.1) is 24.4 Å². The number of hydrogen-bond acceptors (Lipinski definition) is 4. The van der Waals surface area contributed by atoms with E-state index >= 15 is 0 Å². The Kier molecular flexibility index (Phi) is 5.71. The molecule has 0 radical (unpaired) electrons. The summed E-state index contributed by atoms with van der Waals surface area (Å²) in [5, 5.41) is 1.66. The third kappa shape index (κ3) is 3.54. The van der Waals surface area contributed by atoms with Gasteiger partial charge in [0.2, 0.25) is 0 Å². The van der Waals surface area contributed by atoms with Crippen LogP contribution < -0.4 is 0 Å². The number of ether oxygens (including phenoxy) is 4. The maximum atomic E-state index is 6.40. The van der Waals surface area contributed by atoms with Crippen molar-refractivity contribution in [1.29, 1.82) is 0 Å². The van der Waals surface area contributed by atoms with Crippen molar-refractivity contribution in [3.8, 4) is 0 Å². The van der Waals surface area contributed by atoms with E-state index in [1.54, 1.807) is 5.31 Å². The lowest BCUT2D eigenvalue weighted by molar-refractivity contribution is -0.147. The molecule has 0 amide bonds. The molecule has 0 aromatic carbocycles. The second-order valence-electron chi connectivity index (χ2n) is 11.9. The van der Waals surface area contributed by atoms with Gasteiger partial charge in [-0.1, -0.05) is 73.9 Å². The molecule has 0 aromatic rings. The second kappa shape index (κ2) is 8.08. The van der Waals surface area contributed by atoms with E-state index in [4.69, 9.17) is 18.9 Å². The molecular weight excluding hydrogens is 462 g/mol. The molecule has 34 heavy (non-hydrogen) atoms. The maximum Gasteiger partial charge on any atom is 0.163 e. The van der Waals surface area contributed by atoms with Gasteiger partial charge in [-0.25, -0.2) is 0 Å². The van der Waals surface area contributed by atoms with Gasteiger partial charge < -0.3 is 18.9 Å². The molecule has 0 saturated carbocycles. The lowest BCUT2D eigenvalue weighted by Crippen LogP contribution is -2.27. The number of fused-ring (bicyclic) bond motifs is 2. The van der Waals surface area contributed by atoms with Crippen LogP contribution in [0.1, 0.15) is 61.8 Å². The molecule has 9 atom stereocenters. The molecule has 4 fully saturated rings. The third-order valence-electron chi connectivity index (χ3n) is 8.79. The van der Waals surface area contributed by atoms with E-state index in [0.29, 0.717) is 28.3 Å². The fraction of sp³-hybridized carbons (Fsp3) is 0.714. The van der Waals surface area contributed by atoms with Crippen molar-refractivity contribution >= 4 is 15.8 Å². The van der Waals surface area contributed by atoms with E-state index in [0.717, 1.165) is 6.42 Å². The highest BCUT2D eigenvalue weighted by Crippen LogP contribution is 2.69. The van der Waals surface area contributed by atoms with Gasteiger partial charge in [0.25, 0.3) is 0 Å². The summed E-state index contributed by atoms with van der Waals surface area (Å²) < 4.78 is 25.6. The Morgan fingerprint density at radius 1 is 0.765 bits per heavy atom. The Morgan fingerprint density at radius 2 is 1.26 bits per heavy atom. The van der Waals surface area contributed by atoms with Gasteiger partial charge in [0.1, 0.15) is 0 Å². The van der Waals surface area contributed by atoms with Crippen LogP contribution in [0, 0.1) is 0 Å². The maximum absolute atomic E-state index is 6.40. The van der Waals surface area contributed by atoms with Crippen LogP contribution in [0.25, 0.3) is 0 Å². The average molecular weight is 503 g/mol. The second-order valence-corrected chi connectivity index (χ2v) is 17.9. The van der Waals surface area contributed by atoms with Crippen molar-refractivity contribution in [2.45, 2.75) is 126 Å². The van der Waals surface area contributed by atoms with Gasteiger partial charge in [0, 0.05) is 28.3 Å². The minimum Gasteiger partial charge on any atom is -0.344 e. The SMILES string of the molecule is C[C@H]1[C@H]2OC(C)(C)O[C@@H]2[C@H](C)P1C1=C(C2=CC=C[C@@H]2P2[C@@H](C)[C@H]3OC(C)(C)O[C@@H]3[C@@H]2C)C=CC1. The number of rotatable bonds is 3. The first-order valence-corrected chi connectivity index (χ1v) is 16.1. The minimum atomic E-state index is -0.457. The molecule has 4 saturated heterocycles. The van der Waals surface area contributed by atoms with Crippen LogP contribution in [0.3, 0.4) is 0 Å². The van der Waals surface area contributed by atoms with Crippen LogP contribution in [-0.2, 0) is 18.9 Å². The smallest absolute Gasteiger partial charge is 0.163 e. The van der Waals surface area contributed by atoms with Gasteiger partial charge in [-0.3, -0.25) is 0 Å². The van der Waals surface area contributed by atoms with E-state index < -0.39 is 11.6 Å². The lowest BCUT2D eigenvalue weighted by atomic mass is 10.1. The quantitative estimate of drug-likeness (QED) is 0.405. The molecule has 0 N–H and O–H groups in total. The van der Waals surface area contributed by atoms with Gasteiger partial charge in [-0.05, 0) is 50.6 Å². The Morgan fingerprint density at radius 3 is 1.79 bits per heavy atom. The topological polar surface area (TPSA) is 36.9 Å². The van der Waals surface area contributed by atoms with Crippen LogP contribution in [0.5, 0.6) is 0 Å². The molecule has 6 aliphatic rings. The summed E-state index contributed by atoms with van der Waals surface area (Å²) in [4.78, 5) is 0. The summed E-state index contributed by atoms with van der Waals surface area (Å²) in [7, 11) is -0.608. The summed E-state index contributed by atoms with van der Waals surface area (Å²) in [6, 6.07) is 0. The van der Waals surface area contributed by atoms with Crippen LogP contribution in [0.2, 0.25) is 0 Å². The molecule has 6 heteroatoms. The van der Waals surface area contributed by atoms with Gasteiger partial charge in [-0.2, -0.15) is 0 Å². The van der Waals surface area contributed by atoms with E-state index in [9.17, 15) is 0 Å². The van der Waals surface area contributed by atoms with Crippen molar-refractivity contribution in [3.63, 3.8) is 0 Å². The van der Waals surface area contributed by atoms with E-state index in [-0.39, 0.29) is 40.3 Å². The first kappa shape index (κ1) is 24.0. The van der Waals surface area contributed by atoms with Crippen LogP contribution in [-0.4, -0.2) is 64.3 Å². The monoisotopic (exact) mass is 502 g/mol. The Hall–Kier alpha value is -0.340. The van der Waals surface area contributed by atoms with Crippen LogP contribution in [0.15, 0.2) is 46.8 Å². The Bertz CT molecular complexity index is 954. The van der Waals surface area contributed by atoms with E-state index in [1.165, 1.54) is 11.1 Å². The summed E-state index contributed by atoms with van der Waals surface area (Å²) in [5.41, 5.74) is 5.64. The normalized spacial score (nSPS) is 50.4. The van der Waals surface area contributed by atoms with Crippen molar-refractivity contribution in [2.24, 2.45) is 0 Å². The molecular formula is C28H40O4P2. The highest BCUT2D eigenvalue weighted by atomic mass is 31.1. The largest absolute Gasteiger partial charge is 0.344 e. The fourth-order valence-corrected chi connectivity index (χ4v) is 14.9. The molecule has 186 valence electrons. The standard InChI is InChI=1S/C28H40O4P2/c1-15-23-24(30-27(5,6)29-23)16(2)33(15)21-13-9-11-19(21)20-12-10-14-22(20)34-17(3)25-26(18(34)4)32-28(7,8)31-25/h9-13,15-18,21,23-26H,14H2,1-8H3/t15-,16-,17-,18-,21-,23+,24+,25+,26+/m0/s1. The summed E-state index contributed by atoms with van der Waals surface area (Å²) in [5.74, 6) is -0.914. The third-order valence-corrected chi connectivity index (χ3v) is 15.7. The summed E-state index contributed by atoms with van der Waals surface area (Å²) in [6.45, 7) is 17.9. The predicted octanol–water partition coefficient (Wildman–Crippen LogP) is 6.65. The first-order valence-electron chi connectivity index (χ1n) is 13.0. The number of hydrogen-bond donors (Lipinski definition) is 0. The Labute approximate surface area is 207 Å². The van der Waals surface area contributed by atoms with E-state index in [2.05, 4.69) is 85.8 Å². The van der Waals surface area contributed by atoms with Crippen molar-refractivity contribution in [2.75, 3.05) is 0 Å². The highest BCUT2D eigenvalue weighted by molar-refractivity contribution is 7.64. The van der Waals surface area contributed by atoms with Crippen LogP contribution >= 0.6 is 15.8 Å². The number of allylic oxidation sites excluding steroid dienone is 8. The molecule has 0 spiro atoms. The molecule has 6 rings (SSSR count). The molecule has 0 aromatic heterocycles. The molecule has 0 bridgehead atoms. The predicted molar refractivity (Wildman–Crippen MR) is 141 cm³/mol. The van der Waals surface area contributed by atoms with Gasteiger partial charge in [-0.15, -0.1) is 0 Å². The van der Waals surface area contributed by atoms with Crippen molar-refractivity contribution < 1.29 is 18.9 Å². The zero-order valence-corrected chi connectivity index (χ0v) is 23.6. The lowest BCUT2D eigenvalue weighted by Gasteiger charge is -2.34. The highest BCUT2D eigenvalue weighted by Gasteiger charge is 2.59. The van der Waals surface area contributed by atoms with Crippen LogP contribution in [0.4, 0.5) is 0 Å². The summed E-state index contributed by atoms with van der Waals surface area (Å²) in [6.07, 6.45) is 13.9. The van der Waals surface area contributed by atoms with Gasteiger partial charge >= 0.3 is 0 Å². The molecule has 0 unspecified atom stereocenters. The fourth-order valence-electron chi connectivity index (χ4n) is 7.50. The van der Waals surface area contributed by atoms with Crippen molar-refractivity contribution in [1.82, 2.24) is 0 Å². The van der Waals surface area contributed by atoms with Gasteiger partial charge in [0.15, 0.2) is 11.6 Å². The minimum absolute atomic E-state index is 0.216. The molecule has 4 aliphatic heterocycles.